The van der Waals surface area contributed by atoms with E-state index in [-0.39, 0.29) is 29.9 Å². The Labute approximate surface area is 308 Å². The third kappa shape index (κ3) is 9.49. The van der Waals surface area contributed by atoms with Crippen LogP contribution in [0.15, 0.2) is 24.3 Å². The van der Waals surface area contributed by atoms with Crippen molar-refractivity contribution in [1.29, 1.82) is 0 Å². The second-order valence-electron chi connectivity index (χ2n) is 15.7. The molecule has 13 atom stereocenters. The molecular weight excluding hydrogens is 675 g/mol. The fourth-order valence-corrected chi connectivity index (χ4v) is 8.18. The first kappa shape index (κ1) is 42.0. The Morgan fingerprint density at radius 3 is 2.48 bits per heavy atom. The number of esters is 1. The van der Waals surface area contributed by atoms with Crippen molar-refractivity contribution in [3.8, 4) is 0 Å². The zero-order chi connectivity index (χ0) is 38.5. The van der Waals surface area contributed by atoms with Gasteiger partial charge in [0.25, 0.3) is 0 Å². The van der Waals surface area contributed by atoms with Crippen LogP contribution in [0.25, 0.3) is 0 Å². The Balaban J connectivity index is 1.64. The van der Waals surface area contributed by atoms with E-state index in [0.717, 1.165) is 5.56 Å². The number of nitrogens with one attached hydrogen (secondary N) is 3. The van der Waals surface area contributed by atoms with Gasteiger partial charge in [-0.3, -0.25) is 9.59 Å². The van der Waals surface area contributed by atoms with Gasteiger partial charge in [0, 0.05) is 38.2 Å². The van der Waals surface area contributed by atoms with Crippen LogP contribution in [0.3, 0.4) is 0 Å². The normalized spacial score (nSPS) is 39.6. The number of cyclic esters (lactones) is 1. The lowest BCUT2D eigenvalue weighted by Crippen LogP contribution is -2.60. The minimum absolute atomic E-state index is 0.0148. The molecule has 3 fully saturated rings. The Bertz CT molecular complexity index is 1390. The summed E-state index contributed by atoms with van der Waals surface area (Å²) in [5.41, 5.74) is -1.47. The summed E-state index contributed by atoms with van der Waals surface area (Å²) in [4.78, 5) is 42.4. The Morgan fingerprint density at radius 2 is 1.85 bits per heavy atom. The summed E-state index contributed by atoms with van der Waals surface area (Å²) in [5, 5.41) is 21.4. The second kappa shape index (κ2) is 17.6. The van der Waals surface area contributed by atoms with Crippen molar-refractivity contribution >= 4 is 17.8 Å². The van der Waals surface area contributed by atoms with Gasteiger partial charge in [0.05, 0.1) is 23.9 Å². The predicted molar refractivity (Wildman–Crippen MR) is 192 cm³/mol. The van der Waals surface area contributed by atoms with Gasteiger partial charge < -0.3 is 49.6 Å². The number of aliphatic hydroxyl groups is 1. The summed E-state index contributed by atoms with van der Waals surface area (Å²) in [7, 11) is 5.31. The van der Waals surface area contributed by atoms with Crippen molar-refractivity contribution in [1.82, 2.24) is 20.9 Å². The molecule has 0 radical (unpaired) electrons. The van der Waals surface area contributed by atoms with Crippen LogP contribution in [0.4, 0.5) is 9.18 Å². The fraction of sp³-hybridized carbons (Fsp3) is 0.763. The maximum atomic E-state index is 14.3. The Kier molecular flexibility index (Phi) is 14.2. The molecular formula is C38H61FN4O9. The number of Topliss-reactive ketones (excluding diaryl/α,β-unsaturated/α-hetero) is 1. The molecule has 294 valence electrons. The molecule has 1 aromatic rings. The van der Waals surface area contributed by atoms with Crippen molar-refractivity contribution in [2.24, 2.45) is 17.8 Å². The molecule has 0 aromatic heterocycles. The number of hydrogen-bond acceptors (Lipinski definition) is 12. The number of nitrogens with zero attached hydrogens (tertiary/aromatic N) is 1. The first-order valence-corrected chi connectivity index (χ1v) is 18.6. The SMILES string of the molecule is CC[C@@H]1OC(=O)C(C)C(=O)[C@H](C)[C@@H](O[C@@H]2O[C@H](CNCc3cccc(F)c3)CC(N(C)C)C2O)[C@](C)(OC)C[C@@H](C)CN[C@H](C)[C@H]2NC(=O)O[C@]12C. The summed E-state index contributed by atoms with van der Waals surface area (Å²) in [6.45, 7) is 14.0. The Hall–Kier alpha value is -2.72. The van der Waals surface area contributed by atoms with E-state index in [0.29, 0.717) is 38.9 Å². The number of hydrogen-bond donors (Lipinski definition) is 4. The molecule has 4 rings (SSSR count). The van der Waals surface area contributed by atoms with Gasteiger partial charge in [-0.1, -0.05) is 32.9 Å². The molecule has 3 aliphatic heterocycles. The maximum absolute atomic E-state index is 14.3. The van der Waals surface area contributed by atoms with Gasteiger partial charge in [-0.05, 0) is 91.2 Å². The number of rotatable bonds is 9. The number of amides is 1. The van der Waals surface area contributed by atoms with Gasteiger partial charge >= 0.3 is 12.1 Å². The number of benzene rings is 1. The summed E-state index contributed by atoms with van der Waals surface area (Å²) in [5.74, 6) is -3.57. The van der Waals surface area contributed by atoms with Gasteiger partial charge in [0.1, 0.15) is 23.9 Å². The lowest BCUT2D eigenvalue weighted by Gasteiger charge is -2.47. The first-order valence-electron chi connectivity index (χ1n) is 18.6. The predicted octanol–water partition coefficient (Wildman–Crippen LogP) is 3.16. The van der Waals surface area contributed by atoms with E-state index in [1.807, 2.05) is 45.8 Å². The molecule has 0 bridgehead atoms. The number of ketones is 1. The molecule has 3 unspecified atom stereocenters. The van der Waals surface area contributed by atoms with Crippen molar-refractivity contribution in [3.63, 3.8) is 0 Å². The number of methoxy groups -OCH3 is 1. The monoisotopic (exact) mass is 736 g/mol. The zero-order valence-electron chi connectivity index (χ0n) is 32.4. The van der Waals surface area contributed by atoms with E-state index >= 15 is 0 Å². The van der Waals surface area contributed by atoms with Gasteiger partial charge in [0.15, 0.2) is 17.7 Å². The van der Waals surface area contributed by atoms with Crippen molar-refractivity contribution in [3.05, 3.63) is 35.6 Å². The zero-order valence-corrected chi connectivity index (χ0v) is 32.4. The molecule has 0 saturated carbocycles. The van der Waals surface area contributed by atoms with E-state index in [4.69, 9.17) is 23.7 Å². The topological polar surface area (TPSA) is 157 Å². The minimum atomic E-state index is -1.19. The number of carbonyl (C=O) groups excluding carboxylic acids is 3. The molecule has 52 heavy (non-hydrogen) atoms. The van der Waals surface area contributed by atoms with E-state index < -0.39 is 71.5 Å². The summed E-state index contributed by atoms with van der Waals surface area (Å²) < 4.78 is 44.9. The smallest absolute Gasteiger partial charge is 0.408 e. The maximum Gasteiger partial charge on any atom is 0.408 e. The van der Waals surface area contributed by atoms with E-state index in [1.54, 1.807) is 27.0 Å². The largest absolute Gasteiger partial charge is 0.458 e. The van der Waals surface area contributed by atoms with Crippen LogP contribution in [0.5, 0.6) is 0 Å². The molecule has 4 N–H and O–H groups in total. The van der Waals surface area contributed by atoms with Crippen molar-refractivity contribution in [2.75, 3.05) is 34.3 Å². The molecule has 1 aromatic carbocycles. The molecule has 14 heteroatoms. The van der Waals surface area contributed by atoms with Crippen LogP contribution >= 0.6 is 0 Å². The highest BCUT2D eigenvalue weighted by Gasteiger charge is 2.55. The first-order chi connectivity index (χ1) is 24.4. The lowest BCUT2D eigenvalue weighted by molar-refractivity contribution is -0.297. The lowest BCUT2D eigenvalue weighted by atomic mass is 9.78. The summed E-state index contributed by atoms with van der Waals surface area (Å²) in [6.07, 6.45) is -3.68. The van der Waals surface area contributed by atoms with Crippen LogP contribution < -0.4 is 16.0 Å². The molecule has 3 aliphatic rings. The molecule has 0 aliphatic carbocycles. The van der Waals surface area contributed by atoms with Gasteiger partial charge in [-0.15, -0.1) is 0 Å². The van der Waals surface area contributed by atoms with Gasteiger partial charge in [-0.2, -0.15) is 0 Å². The number of halogens is 1. The van der Waals surface area contributed by atoms with Crippen LogP contribution in [0, 0.1) is 23.6 Å². The Morgan fingerprint density at radius 1 is 1.13 bits per heavy atom. The number of ether oxygens (including phenoxy) is 5. The average Bonchev–Trinajstić information content (AvgIpc) is 3.41. The second-order valence-corrected chi connectivity index (χ2v) is 15.7. The van der Waals surface area contributed by atoms with Gasteiger partial charge in [-0.25, -0.2) is 9.18 Å². The van der Waals surface area contributed by atoms with Crippen LogP contribution in [-0.4, -0.2) is 122 Å². The number of aliphatic hydroxyl groups excluding tert-OH is 1. The number of carbonyl (C=O) groups is 3. The number of alkyl carbamates (subject to hydrolysis) is 1. The van der Waals surface area contributed by atoms with Crippen LogP contribution in [0.1, 0.15) is 73.3 Å². The average molecular weight is 737 g/mol. The van der Waals surface area contributed by atoms with Gasteiger partial charge in [0.2, 0.25) is 0 Å². The third-order valence-electron chi connectivity index (χ3n) is 11.3. The highest BCUT2D eigenvalue weighted by Crippen LogP contribution is 2.37. The van der Waals surface area contributed by atoms with E-state index in [1.165, 1.54) is 19.1 Å². The van der Waals surface area contributed by atoms with Crippen LogP contribution in [0.2, 0.25) is 0 Å². The standard InChI is InChI=1S/C38H61FN4O9/c1-11-29-38(7)32(42-36(47)52-38)24(5)41-18-21(2)17-37(6,48-10)33(22(3)30(44)23(4)34(46)50-29)51-35-31(45)28(43(8)9)16-27(49-35)20-40-19-25-13-12-14-26(39)15-25/h12-15,21-24,27-29,31-33,35,40-41,45H,11,16-20H2,1-10H3,(H,42,47)/t21-,22+,23?,24-,27+,28?,29+,31?,32-,33-,35+,37-,38-/m1/s1. The molecule has 3 heterocycles. The highest BCUT2D eigenvalue weighted by molar-refractivity contribution is 6.00. The van der Waals surface area contributed by atoms with E-state index in [2.05, 4.69) is 22.9 Å². The molecule has 13 nitrogen and oxygen atoms in total. The number of fused-ring (bicyclic) bond motifs is 1. The van der Waals surface area contributed by atoms with Crippen molar-refractivity contribution < 1.29 is 47.6 Å². The quantitative estimate of drug-likeness (QED) is 0.217. The molecule has 0 spiro atoms. The highest BCUT2D eigenvalue weighted by atomic mass is 19.1. The number of likely N-dealkylation sites (N-methyl/N-ethyl adjacent to an activating group) is 1. The van der Waals surface area contributed by atoms with Crippen molar-refractivity contribution in [2.45, 2.75) is 134 Å². The fourth-order valence-electron chi connectivity index (χ4n) is 8.18. The van der Waals surface area contributed by atoms with E-state index in [9.17, 15) is 23.9 Å². The molecule has 3 saturated heterocycles. The van der Waals surface area contributed by atoms with Crippen LogP contribution in [-0.2, 0) is 39.8 Å². The molecule has 1 amide bonds. The summed E-state index contributed by atoms with van der Waals surface area (Å²) >= 11 is 0. The minimum Gasteiger partial charge on any atom is -0.458 e. The third-order valence-corrected chi connectivity index (χ3v) is 11.3. The summed E-state index contributed by atoms with van der Waals surface area (Å²) in [6, 6.07) is 5.24.